The van der Waals surface area contributed by atoms with Gasteiger partial charge >= 0.3 is 0 Å². The molecule has 4 rings (SSSR count). The van der Waals surface area contributed by atoms with E-state index < -0.39 is 0 Å². The van der Waals surface area contributed by atoms with Gasteiger partial charge in [-0.05, 0) is 36.4 Å². The lowest BCUT2D eigenvalue weighted by Crippen LogP contribution is -2.15. The van der Waals surface area contributed by atoms with Crippen molar-refractivity contribution in [3.8, 4) is 11.5 Å². The van der Waals surface area contributed by atoms with Crippen LogP contribution in [0.1, 0.15) is 0 Å². The second kappa shape index (κ2) is 5.35. The van der Waals surface area contributed by atoms with Crippen LogP contribution in [-0.2, 0) is 0 Å². The number of fused-ring (bicyclic) bond motifs is 3. The fraction of sp³-hybridized carbons (Fsp3) is 0.125. The van der Waals surface area contributed by atoms with Gasteiger partial charge in [0.1, 0.15) is 18.9 Å². The molecule has 0 saturated carbocycles. The lowest BCUT2D eigenvalue weighted by Gasteiger charge is -2.18. The van der Waals surface area contributed by atoms with Crippen LogP contribution in [0.5, 0.6) is 11.5 Å². The molecule has 0 spiro atoms. The Labute approximate surface area is 131 Å². The number of aromatic nitrogens is 1. The number of benzene rings is 2. The molecule has 0 fully saturated rings. The molecule has 0 radical (unpaired) electrons. The van der Waals surface area contributed by atoms with E-state index in [1.807, 2.05) is 30.5 Å². The Hall–Kier alpha value is -2.53. The molecule has 1 aromatic heterocycles. The first-order valence-electron chi connectivity index (χ1n) is 6.88. The number of hydrogen-bond donors (Lipinski definition) is 1. The molecule has 0 atom stereocenters. The molecule has 1 aliphatic rings. The Bertz CT molecular complexity index is 856. The van der Waals surface area contributed by atoms with Gasteiger partial charge in [0, 0.05) is 11.2 Å². The van der Waals surface area contributed by atoms with Crippen molar-refractivity contribution in [2.45, 2.75) is 0 Å². The molecule has 1 N–H and O–H groups in total. The van der Waals surface area contributed by atoms with E-state index in [4.69, 9.17) is 21.1 Å². The molecule has 2 heterocycles. The third-order valence-corrected chi connectivity index (χ3v) is 3.68. The van der Waals surface area contributed by atoms with Crippen LogP contribution in [0.25, 0.3) is 10.9 Å². The van der Waals surface area contributed by atoms with Crippen molar-refractivity contribution in [2.24, 2.45) is 10.2 Å². The van der Waals surface area contributed by atoms with Crippen LogP contribution >= 0.6 is 11.6 Å². The Balaban J connectivity index is 1.77. The maximum atomic E-state index is 5.86. The molecule has 5 nitrogen and oxygen atoms in total. The Morgan fingerprint density at radius 3 is 2.64 bits per heavy atom. The maximum absolute atomic E-state index is 5.86. The summed E-state index contributed by atoms with van der Waals surface area (Å²) in [5.74, 6) is 1.45. The largest absolute Gasteiger partial charge is 0.486 e. The monoisotopic (exact) mass is 313 g/mol. The quantitative estimate of drug-likeness (QED) is 0.676. The van der Waals surface area contributed by atoms with Gasteiger partial charge in [0.15, 0.2) is 11.5 Å². The van der Waals surface area contributed by atoms with Gasteiger partial charge in [0.2, 0.25) is 0 Å². The first kappa shape index (κ1) is 13.2. The average Bonchev–Trinajstić information content (AvgIpc) is 2.98. The van der Waals surface area contributed by atoms with Crippen molar-refractivity contribution in [3.63, 3.8) is 0 Å². The Morgan fingerprint density at radius 2 is 1.77 bits per heavy atom. The SMILES string of the molecule is Clc1ccc(N=Nc2c[nH]c3ccc4c(c23)OCCO4)cc1. The second-order valence-electron chi connectivity index (χ2n) is 4.86. The molecule has 0 bridgehead atoms. The molecule has 0 unspecified atom stereocenters. The number of nitrogens with zero attached hydrogens (tertiary/aromatic N) is 2. The number of rotatable bonds is 2. The normalized spacial score (nSPS) is 13.9. The fourth-order valence-electron chi connectivity index (χ4n) is 2.41. The number of H-pyrrole nitrogens is 1. The van der Waals surface area contributed by atoms with E-state index in [0.29, 0.717) is 23.9 Å². The second-order valence-corrected chi connectivity index (χ2v) is 5.30. The summed E-state index contributed by atoms with van der Waals surface area (Å²) in [7, 11) is 0. The van der Waals surface area contributed by atoms with Crippen LogP contribution in [0.2, 0.25) is 5.02 Å². The van der Waals surface area contributed by atoms with Crippen molar-refractivity contribution in [1.82, 2.24) is 4.98 Å². The zero-order valence-corrected chi connectivity index (χ0v) is 12.3. The summed E-state index contributed by atoms with van der Waals surface area (Å²) in [6.07, 6.45) is 1.81. The van der Waals surface area contributed by atoms with E-state index in [-0.39, 0.29) is 0 Å². The topological polar surface area (TPSA) is 59.0 Å². The highest BCUT2D eigenvalue weighted by atomic mass is 35.5. The van der Waals surface area contributed by atoms with Gasteiger partial charge in [-0.2, -0.15) is 5.11 Å². The molecule has 22 heavy (non-hydrogen) atoms. The number of hydrogen-bond acceptors (Lipinski definition) is 4. The highest BCUT2D eigenvalue weighted by molar-refractivity contribution is 6.30. The van der Waals surface area contributed by atoms with Gasteiger partial charge in [-0.3, -0.25) is 0 Å². The number of azo groups is 1. The van der Waals surface area contributed by atoms with E-state index in [1.165, 1.54) is 0 Å². The summed E-state index contributed by atoms with van der Waals surface area (Å²) in [6.45, 7) is 1.09. The minimum Gasteiger partial charge on any atom is -0.486 e. The van der Waals surface area contributed by atoms with E-state index in [0.717, 1.165) is 28.1 Å². The summed E-state index contributed by atoms with van der Waals surface area (Å²) in [6, 6.07) is 11.0. The van der Waals surface area contributed by atoms with Gasteiger partial charge < -0.3 is 14.5 Å². The van der Waals surface area contributed by atoms with E-state index >= 15 is 0 Å². The highest BCUT2D eigenvalue weighted by Crippen LogP contribution is 2.42. The molecular weight excluding hydrogens is 302 g/mol. The first-order chi connectivity index (χ1) is 10.8. The summed E-state index contributed by atoms with van der Waals surface area (Å²) in [5, 5.41) is 10.1. The standard InChI is InChI=1S/C16H12ClN3O2/c17-10-1-3-11(4-2-10)19-20-13-9-18-12-5-6-14-16(15(12)13)22-8-7-21-14/h1-6,9,18H,7-8H2. The van der Waals surface area contributed by atoms with Gasteiger partial charge in [0.25, 0.3) is 0 Å². The minimum atomic E-state index is 0.533. The molecule has 6 heteroatoms. The summed E-state index contributed by atoms with van der Waals surface area (Å²) in [4.78, 5) is 3.17. The predicted molar refractivity (Wildman–Crippen MR) is 84.9 cm³/mol. The van der Waals surface area contributed by atoms with Crippen LogP contribution in [0.3, 0.4) is 0 Å². The van der Waals surface area contributed by atoms with E-state index in [1.54, 1.807) is 12.1 Å². The van der Waals surface area contributed by atoms with Gasteiger partial charge in [0.05, 0.1) is 16.6 Å². The molecule has 2 aromatic carbocycles. The average molecular weight is 314 g/mol. The predicted octanol–water partition coefficient (Wildman–Crippen LogP) is 5.01. The van der Waals surface area contributed by atoms with Crippen molar-refractivity contribution in [2.75, 3.05) is 13.2 Å². The number of ether oxygens (including phenoxy) is 2. The number of aromatic amines is 1. The Morgan fingerprint density at radius 1 is 0.955 bits per heavy atom. The first-order valence-corrected chi connectivity index (χ1v) is 7.26. The smallest absolute Gasteiger partial charge is 0.172 e. The zero-order chi connectivity index (χ0) is 14.9. The van der Waals surface area contributed by atoms with Crippen LogP contribution in [0, 0.1) is 0 Å². The summed E-state index contributed by atoms with van der Waals surface area (Å²) < 4.78 is 11.3. The van der Waals surface area contributed by atoms with Gasteiger partial charge in [-0.1, -0.05) is 11.6 Å². The maximum Gasteiger partial charge on any atom is 0.172 e. The third-order valence-electron chi connectivity index (χ3n) is 3.43. The fourth-order valence-corrected chi connectivity index (χ4v) is 2.53. The number of halogens is 1. The van der Waals surface area contributed by atoms with Crippen molar-refractivity contribution < 1.29 is 9.47 Å². The van der Waals surface area contributed by atoms with Gasteiger partial charge in [-0.15, -0.1) is 5.11 Å². The molecule has 3 aromatic rings. The van der Waals surface area contributed by atoms with E-state index in [9.17, 15) is 0 Å². The number of nitrogens with one attached hydrogen (secondary N) is 1. The highest BCUT2D eigenvalue weighted by Gasteiger charge is 2.18. The van der Waals surface area contributed by atoms with Crippen LogP contribution in [-0.4, -0.2) is 18.2 Å². The zero-order valence-electron chi connectivity index (χ0n) is 11.5. The molecule has 0 aliphatic carbocycles. The van der Waals surface area contributed by atoms with Crippen LogP contribution < -0.4 is 9.47 Å². The van der Waals surface area contributed by atoms with Crippen LogP contribution in [0.4, 0.5) is 11.4 Å². The molecule has 1 aliphatic heterocycles. The molecule has 0 saturated heterocycles. The van der Waals surface area contributed by atoms with Gasteiger partial charge in [-0.25, -0.2) is 0 Å². The molecule has 0 amide bonds. The molecule has 110 valence electrons. The minimum absolute atomic E-state index is 0.533. The van der Waals surface area contributed by atoms with Crippen LogP contribution in [0.15, 0.2) is 52.8 Å². The Kier molecular flexibility index (Phi) is 3.20. The third kappa shape index (κ3) is 2.29. The van der Waals surface area contributed by atoms with Crippen molar-refractivity contribution >= 4 is 33.9 Å². The van der Waals surface area contributed by atoms with Crippen molar-refractivity contribution in [1.29, 1.82) is 0 Å². The summed E-state index contributed by atoms with van der Waals surface area (Å²) >= 11 is 5.86. The van der Waals surface area contributed by atoms with Crippen molar-refractivity contribution in [3.05, 3.63) is 47.6 Å². The van der Waals surface area contributed by atoms with E-state index in [2.05, 4.69) is 15.2 Å². The summed E-state index contributed by atoms with van der Waals surface area (Å²) in [5.41, 5.74) is 2.39. The lowest BCUT2D eigenvalue weighted by molar-refractivity contribution is 0.174. The molecular formula is C16H12ClN3O2. The lowest BCUT2D eigenvalue weighted by atomic mass is 10.2.